The zero-order chi connectivity index (χ0) is 22.7. The van der Waals surface area contributed by atoms with Crippen LogP contribution in [0.25, 0.3) is 0 Å². The summed E-state index contributed by atoms with van der Waals surface area (Å²) in [5.74, 6) is 0.0779. The fraction of sp³-hybridized carbons (Fsp3) is 0.609. The lowest BCUT2D eigenvalue weighted by Gasteiger charge is -2.35. The van der Waals surface area contributed by atoms with E-state index in [1.165, 1.54) is 30.2 Å². The molecule has 32 heavy (non-hydrogen) atoms. The maximum Gasteiger partial charge on any atom is 0.414 e. The molecule has 1 atom stereocenters. The third-order valence-corrected chi connectivity index (χ3v) is 7.14. The van der Waals surface area contributed by atoms with E-state index in [1.54, 1.807) is 24.0 Å². The highest BCUT2D eigenvalue weighted by Gasteiger charge is 2.33. The number of carbonyl (C=O) groups is 2. The Balaban J connectivity index is 1.32. The van der Waals surface area contributed by atoms with Gasteiger partial charge in [0.05, 0.1) is 29.5 Å². The van der Waals surface area contributed by atoms with E-state index in [0.717, 1.165) is 17.8 Å². The number of ether oxygens (including phenoxy) is 1. The number of hydrogen-bond donors (Lipinski definition) is 1. The lowest BCUT2D eigenvalue weighted by atomic mass is 9.89. The molecule has 4 rings (SSSR count). The molecule has 0 spiro atoms. The number of cyclic esters (lactones) is 1. The first-order valence-corrected chi connectivity index (χ1v) is 11.9. The number of piperazine rings is 1. The maximum atomic E-state index is 14.9. The van der Waals surface area contributed by atoms with Gasteiger partial charge in [0.15, 0.2) is 0 Å². The van der Waals surface area contributed by atoms with Gasteiger partial charge in [-0.05, 0) is 31.0 Å². The molecule has 7 nitrogen and oxygen atoms in total. The molecule has 2 heterocycles. The van der Waals surface area contributed by atoms with Crippen molar-refractivity contribution in [1.82, 2.24) is 10.2 Å². The number of halogens is 1. The van der Waals surface area contributed by atoms with Crippen molar-refractivity contribution in [1.29, 1.82) is 0 Å². The number of nitrogens with zero attached hydrogens (tertiary/aromatic N) is 3. The van der Waals surface area contributed by atoms with E-state index < -0.39 is 6.09 Å². The van der Waals surface area contributed by atoms with Crippen LogP contribution in [-0.4, -0.2) is 67.3 Å². The van der Waals surface area contributed by atoms with Crippen molar-refractivity contribution in [3.63, 3.8) is 0 Å². The van der Waals surface area contributed by atoms with Crippen LogP contribution in [0.3, 0.4) is 0 Å². The average molecular weight is 463 g/mol. The summed E-state index contributed by atoms with van der Waals surface area (Å²) in [6.45, 7) is 4.69. The number of amides is 2. The molecule has 0 radical (unpaired) electrons. The Kier molecular flexibility index (Phi) is 7.13. The van der Waals surface area contributed by atoms with Gasteiger partial charge in [-0.1, -0.05) is 31.5 Å². The molecule has 2 saturated heterocycles. The van der Waals surface area contributed by atoms with E-state index in [4.69, 9.17) is 17.0 Å². The van der Waals surface area contributed by atoms with Crippen molar-refractivity contribution >= 4 is 40.6 Å². The minimum Gasteiger partial charge on any atom is -0.442 e. The summed E-state index contributed by atoms with van der Waals surface area (Å²) in [5, 5.41) is 3.28. The van der Waals surface area contributed by atoms with Gasteiger partial charge in [0.25, 0.3) is 0 Å². The lowest BCUT2D eigenvalue weighted by Crippen LogP contribution is -2.48. The van der Waals surface area contributed by atoms with Gasteiger partial charge in [0.2, 0.25) is 5.91 Å². The van der Waals surface area contributed by atoms with Gasteiger partial charge < -0.3 is 19.9 Å². The molecule has 2 amide bonds. The summed E-state index contributed by atoms with van der Waals surface area (Å²) < 4.78 is 20.4. The molecule has 2 aliphatic heterocycles. The van der Waals surface area contributed by atoms with Crippen molar-refractivity contribution < 1.29 is 18.7 Å². The minimum absolute atomic E-state index is 0.0385. The number of rotatable bonds is 5. The normalized spacial score (nSPS) is 22.1. The zero-order valence-corrected chi connectivity index (χ0v) is 19.3. The molecule has 1 N–H and O–H groups in total. The van der Waals surface area contributed by atoms with Crippen LogP contribution in [0.2, 0.25) is 0 Å². The summed E-state index contributed by atoms with van der Waals surface area (Å²) in [6, 6.07) is 4.83. The van der Waals surface area contributed by atoms with E-state index >= 15 is 0 Å². The molecule has 3 aliphatic rings. The monoisotopic (exact) mass is 462 g/mol. The van der Waals surface area contributed by atoms with Gasteiger partial charge in [0.1, 0.15) is 11.9 Å². The summed E-state index contributed by atoms with van der Waals surface area (Å²) in [4.78, 5) is 29.9. The Labute approximate surface area is 193 Å². The summed E-state index contributed by atoms with van der Waals surface area (Å²) >= 11 is 5.53. The Morgan fingerprint density at radius 2 is 1.91 bits per heavy atom. The molecule has 1 aliphatic carbocycles. The highest BCUT2D eigenvalue weighted by Crippen LogP contribution is 2.29. The zero-order valence-electron chi connectivity index (χ0n) is 18.5. The quantitative estimate of drug-likeness (QED) is 0.678. The molecule has 0 unspecified atom stereocenters. The molecule has 0 aromatic heterocycles. The maximum absolute atomic E-state index is 14.9. The fourth-order valence-corrected chi connectivity index (χ4v) is 5.06. The van der Waals surface area contributed by atoms with Crippen molar-refractivity contribution in [2.24, 2.45) is 5.92 Å². The average Bonchev–Trinajstić information content (AvgIpc) is 3.18. The fourth-order valence-electron chi connectivity index (χ4n) is 4.74. The van der Waals surface area contributed by atoms with Crippen LogP contribution in [0, 0.1) is 11.7 Å². The smallest absolute Gasteiger partial charge is 0.414 e. The highest BCUT2D eigenvalue weighted by molar-refractivity contribution is 7.80. The second-order valence-electron chi connectivity index (χ2n) is 8.83. The van der Waals surface area contributed by atoms with Crippen LogP contribution in [0.5, 0.6) is 0 Å². The standard InChI is InChI=1S/C23H31FN4O3S/c1-16(29)26-9-11-27(12-10-26)21-8-7-18(13-20(21)24)28-15-19(31-23(28)30)14-25-22(32)17-5-3-2-4-6-17/h7-8,13,17,19H,2-6,9-12,14-15H2,1H3,(H,25,32)/t19-/m0/s1. The van der Waals surface area contributed by atoms with Crippen LogP contribution >= 0.6 is 12.2 Å². The molecule has 0 bridgehead atoms. The van der Waals surface area contributed by atoms with Gasteiger partial charge in [0, 0.05) is 39.0 Å². The van der Waals surface area contributed by atoms with Crippen LogP contribution in [-0.2, 0) is 9.53 Å². The number of hydrogen-bond acceptors (Lipinski definition) is 5. The van der Waals surface area contributed by atoms with Crippen molar-refractivity contribution in [2.45, 2.75) is 45.1 Å². The third-order valence-electron chi connectivity index (χ3n) is 6.66. The van der Waals surface area contributed by atoms with Crippen molar-refractivity contribution in [2.75, 3.05) is 49.1 Å². The van der Waals surface area contributed by atoms with Crippen LogP contribution < -0.4 is 15.1 Å². The molecule has 1 aromatic carbocycles. The summed E-state index contributed by atoms with van der Waals surface area (Å²) in [7, 11) is 0. The Morgan fingerprint density at radius 1 is 1.19 bits per heavy atom. The summed E-state index contributed by atoms with van der Waals surface area (Å²) in [5.41, 5.74) is 0.969. The van der Waals surface area contributed by atoms with E-state index in [9.17, 15) is 14.0 Å². The summed E-state index contributed by atoms with van der Waals surface area (Å²) in [6.07, 6.45) is 5.15. The molecule has 1 saturated carbocycles. The van der Waals surface area contributed by atoms with Gasteiger partial charge in [-0.3, -0.25) is 9.69 Å². The highest BCUT2D eigenvalue weighted by atomic mass is 32.1. The molecule has 9 heteroatoms. The Bertz CT molecular complexity index is 869. The third kappa shape index (κ3) is 5.14. The Morgan fingerprint density at radius 3 is 2.56 bits per heavy atom. The number of benzene rings is 1. The van der Waals surface area contributed by atoms with Crippen LogP contribution in [0.1, 0.15) is 39.0 Å². The first kappa shape index (κ1) is 22.8. The van der Waals surface area contributed by atoms with Crippen molar-refractivity contribution in [3.8, 4) is 0 Å². The van der Waals surface area contributed by atoms with Crippen LogP contribution in [0.4, 0.5) is 20.6 Å². The van der Waals surface area contributed by atoms with E-state index in [1.807, 2.05) is 4.90 Å². The predicted molar refractivity (Wildman–Crippen MR) is 126 cm³/mol. The number of nitrogens with one attached hydrogen (secondary N) is 1. The second kappa shape index (κ2) is 10.0. The van der Waals surface area contributed by atoms with Crippen LogP contribution in [0.15, 0.2) is 18.2 Å². The molecule has 3 fully saturated rings. The van der Waals surface area contributed by atoms with Gasteiger partial charge >= 0.3 is 6.09 Å². The molecular formula is C23H31FN4O3S. The number of carbonyl (C=O) groups excluding carboxylic acids is 2. The number of thiocarbonyl (C=S) groups is 1. The minimum atomic E-state index is -0.470. The first-order chi connectivity index (χ1) is 15.4. The van der Waals surface area contributed by atoms with E-state index in [2.05, 4.69) is 5.32 Å². The van der Waals surface area contributed by atoms with Gasteiger partial charge in [-0.2, -0.15) is 0 Å². The van der Waals surface area contributed by atoms with E-state index in [0.29, 0.717) is 56.6 Å². The Hall–Kier alpha value is -2.42. The topological polar surface area (TPSA) is 65.1 Å². The van der Waals surface area contributed by atoms with E-state index in [-0.39, 0.29) is 17.8 Å². The predicted octanol–water partition coefficient (Wildman–Crippen LogP) is 3.32. The lowest BCUT2D eigenvalue weighted by molar-refractivity contribution is -0.129. The number of anilines is 2. The largest absolute Gasteiger partial charge is 0.442 e. The SMILES string of the molecule is CC(=O)N1CCN(c2ccc(N3C[C@H](CNC(=S)C4CCCCC4)OC3=O)cc2F)CC1. The molecule has 1 aromatic rings. The molecule has 174 valence electrons. The molecular weight excluding hydrogens is 431 g/mol. The second-order valence-corrected chi connectivity index (χ2v) is 9.27. The van der Waals surface area contributed by atoms with Gasteiger partial charge in [-0.25, -0.2) is 9.18 Å². The first-order valence-electron chi connectivity index (χ1n) is 11.5. The van der Waals surface area contributed by atoms with Gasteiger partial charge in [-0.15, -0.1) is 0 Å². The van der Waals surface area contributed by atoms with Crippen molar-refractivity contribution in [3.05, 3.63) is 24.0 Å².